The second-order valence-electron chi connectivity index (χ2n) is 5.52. The first-order chi connectivity index (χ1) is 11.6. The molecule has 1 unspecified atom stereocenters. The van der Waals surface area contributed by atoms with Crippen LogP contribution in [0.15, 0.2) is 24.3 Å². The largest absolute Gasteiger partial charge is 0.516 e. The van der Waals surface area contributed by atoms with Crippen LogP contribution in [-0.2, 0) is 36.2 Å². The molecule has 1 aliphatic carbocycles. The van der Waals surface area contributed by atoms with E-state index in [4.69, 9.17) is 4.74 Å². The minimum atomic E-state index is -5.94. The van der Waals surface area contributed by atoms with E-state index in [9.17, 15) is 31.2 Å². The first kappa shape index (κ1) is 19.2. The number of hydrogen-bond donors (Lipinski definition) is 1. The number of benzene rings is 1. The predicted octanol–water partition coefficient (Wildman–Crippen LogP) is 1.79. The molecular weight excluding hydrogens is 363 g/mol. The molecule has 1 aliphatic rings. The lowest BCUT2D eigenvalue weighted by atomic mass is 9.69. The van der Waals surface area contributed by atoms with E-state index in [1.54, 1.807) is 12.1 Å². The molecule has 0 fully saturated rings. The van der Waals surface area contributed by atoms with E-state index in [1.165, 1.54) is 19.1 Å². The molecule has 25 heavy (non-hydrogen) atoms. The summed E-state index contributed by atoms with van der Waals surface area (Å²) in [7, 11) is -5.94. The zero-order chi connectivity index (χ0) is 18.9. The quantitative estimate of drug-likeness (QED) is 0.636. The molecule has 1 N–H and O–H groups in total. The summed E-state index contributed by atoms with van der Waals surface area (Å²) in [6.07, 6.45) is 0.675. The Hall–Kier alpha value is -2.10. The Morgan fingerprint density at radius 1 is 1.28 bits per heavy atom. The number of sulfonamides is 1. The standard InChI is InChI=1S/C15H16F3NO5S/c1-2-24-13(21)14(12(20)19-25(22,23)15(16,17)18)9-5-7-10-6-3-4-8-11(10)14/h3-4,6,8H,2,5,7,9H2,1H3,(H,19,20). The molecule has 0 bridgehead atoms. The summed E-state index contributed by atoms with van der Waals surface area (Å²) < 4.78 is 66.4. The Kier molecular flexibility index (Phi) is 5.12. The van der Waals surface area contributed by atoms with Gasteiger partial charge < -0.3 is 4.74 Å². The average Bonchev–Trinajstić information content (AvgIpc) is 2.52. The number of halogens is 3. The molecule has 0 saturated heterocycles. The maximum atomic E-state index is 12.6. The fourth-order valence-corrected chi connectivity index (χ4v) is 3.43. The van der Waals surface area contributed by atoms with Crippen molar-refractivity contribution in [3.63, 3.8) is 0 Å². The molecule has 0 radical (unpaired) electrons. The summed E-state index contributed by atoms with van der Waals surface area (Å²) in [5, 5.41) is 0. The van der Waals surface area contributed by atoms with Gasteiger partial charge in [0, 0.05) is 0 Å². The molecule has 1 aromatic rings. The molecular formula is C15H16F3NO5S. The Bertz CT molecular complexity index is 791. The third-order valence-corrected chi connectivity index (χ3v) is 5.08. The molecule has 1 aromatic carbocycles. The van der Waals surface area contributed by atoms with Crippen molar-refractivity contribution in [3.05, 3.63) is 35.4 Å². The molecule has 6 nitrogen and oxygen atoms in total. The van der Waals surface area contributed by atoms with Crippen LogP contribution in [-0.4, -0.2) is 32.4 Å². The van der Waals surface area contributed by atoms with Crippen LogP contribution in [0.1, 0.15) is 30.9 Å². The van der Waals surface area contributed by atoms with E-state index in [0.29, 0.717) is 18.4 Å². The SMILES string of the molecule is CCOC(=O)C1(C(=O)NS(=O)(=O)C(F)(F)F)CCCc2ccccc21. The van der Waals surface area contributed by atoms with Gasteiger partial charge in [-0.3, -0.25) is 9.59 Å². The predicted molar refractivity (Wildman–Crippen MR) is 80.8 cm³/mol. The summed E-state index contributed by atoms with van der Waals surface area (Å²) in [5.74, 6) is -2.63. The van der Waals surface area contributed by atoms with E-state index in [2.05, 4.69) is 0 Å². The molecule has 0 aliphatic heterocycles. The minimum Gasteiger partial charge on any atom is -0.465 e. The molecule has 1 amide bonds. The molecule has 0 saturated carbocycles. The molecule has 0 spiro atoms. The normalized spacial score (nSPS) is 20.5. The maximum absolute atomic E-state index is 12.6. The van der Waals surface area contributed by atoms with Gasteiger partial charge in [-0.25, -0.2) is 4.72 Å². The number of carbonyl (C=O) groups excluding carboxylic acids is 2. The Labute approximate surface area is 142 Å². The van der Waals surface area contributed by atoms with E-state index in [0.717, 1.165) is 4.72 Å². The number of rotatable bonds is 4. The third-order valence-electron chi connectivity index (χ3n) is 4.02. The zero-order valence-electron chi connectivity index (χ0n) is 13.2. The van der Waals surface area contributed by atoms with E-state index in [1.807, 2.05) is 0 Å². The molecule has 10 heteroatoms. The highest BCUT2D eigenvalue weighted by Gasteiger charge is 2.55. The van der Waals surface area contributed by atoms with Crippen LogP contribution < -0.4 is 4.72 Å². The van der Waals surface area contributed by atoms with Gasteiger partial charge in [-0.05, 0) is 37.3 Å². The van der Waals surface area contributed by atoms with Gasteiger partial charge >= 0.3 is 21.5 Å². The van der Waals surface area contributed by atoms with E-state index in [-0.39, 0.29) is 18.6 Å². The van der Waals surface area contributed by atoms with Crippen molar-refractivity contribution in [2.24, 2.45) is 0 Å². The number of nitrogens with one attached hydrogen (secondary N) is 1. The molecule has 0 heterocycles. The van der Waals surface area contributed by atoms with E-state index >= 15 is 0 Å². The second kappa shape index (κ2) is 6.66. The van der Waals surface area contributed by atoms with E-state index < -0.39 is 32.8 Å². The van der Waals surface area contributed by atoms with Crippen LogP contribution in [0.4, 0.5) is 13.2 Å². The van der Waals surface area contributed by atoms with Gasteiger partial charge in [0.15, 0.2) is 5.41 Å². The lowest BCUT2D eigenvalue weighted by Crippen LogP contribution is -2.55. The fourth-order valence-electron chi connectivity index (χ4n) is 2.90. The van der Waals surface area contributed by atoms with Crippen LogP contribution in [0.3, 0.4) is 0 Å². The fraction of sp³-hybridized carbons (Fsp3) is 0.467. The second-order valence-corrected chi connectivity index (χ2v) is 7.19. The average molecular weight is 379 g/mol. The maximum Gasteiger partial charge on any atom is 0.516 e. The molecule has 1 atom stereocenters. The van der Waals surface area contributed by atoms with Crippen molar-refractivity contribution in [1.29, 1.82) is 0 Å². The van der Waals surface area contributed by atoms with Gasteiger partial charge in [0.1, 0.15) is 0 Å². The third kappa shape index (κ3) is 3.35. The lowest BCUT2D eigenvalue weighted by Gasteiger charge is -2.35. The van der Waals surface area contributed by atoms with Crippen molar-refractivity contribution in [2.45, 2.75) is 37.1 Å². The highest BCUT2D eigenvalue weighted by molar-refractivity contribution is 7.90. The van der Waals surface area contributed by atoms with Crippen LogP contribution in [0.25, 0.3) is 0 Å². The first-order valence-corrected chi connectivity index (χ1v) is 8.93. The van der Waals surface area contributed by atoms with Gasteiger partial charge in [-0.15, -0.1) is 0 Å². The molecule has 0 aromatic heterocycles. The van der Waals surface area contributed by atoms with Crippen LogP contribution in [0, 0.1) is 0 Å². The number of fused-ring (bicyclic) bond motifs is 1. The zero-order valence-corrected chi connectivity index (χ0v) is 14.0. The van der Waals surface area contributed by atoms with Crippen molar-refractivity contribution >= 4 is 21.9 Å². The topological polar surface area (TPSA) is 89.5 Å². The summed E-state index contributed by atoms with van der Waals surface area (Å²) in [5.41, 5.74) is -7.06. The highest BCUT2D eigenvalue weighted by Crippen LogP contribution is 2.39. The lowest BCUT2D eigenvalue weighted by molar-refractivity contribution is -0.155. The van der Waals surface area contributed by atoms with Crippen LogP contribution in [0.5, 0.6) is 0 Å². The summed E-state index contributed by atoms with van der Waals surface area (Å²) >= 11 is 0. The number of amides is 1. The Morgan fingerprint density at radius 2 is 1.92 bits per heavy atom. The number of carbonyl (C=O) groups is 2. The van der Waals surface area contributed by atoms with Gasteiger partial charge in [-0.2, -0.15) is 21.6 Å². The van der Waals surface area contributed by atoms with Crippen LogP contribution in [0.2, 0.25) is 0 Å². The number of alkyl halides is 3. The van der Waals surface area contributed by atoms with Gasteiger partial charge in [0.05, 0.1) is 6.61 Å². The van der Waals surface area contributed by atoms with Gasteiger partial charge in [0.2, 0.25) is 0 Å². The Balaban J connectivity index is 2.56. The van der Waals surface area contributed by atoms with Crippen molar-refractivity contribution in [2.75, 3.05) is 6.61 Å². The minimum absolute atomic E-state index is 0.109. The monoisotopic (exact) mass is 379 g/mol. The molecule has 138 valence electrons. The summed E-state index contributed by atoms with van der Waals surface area (Å²) in [6, 6.07) is 6.23. The van der Waals surface area contributed by atoms with Crippen LogP contribution >= 0.6 is 0 Å². The molecule has 2 rings (SSSR count). The number of aryl methyl sites for hydroxylation is 1. The highest BCUT2D eigenvalue weighted by atomic mass is 32.2. The van der Waals surface area contributed by atoms with Crippen molar-refractivity contribution in [3.8, 4) is 0 Å². The first-order valence-electron chi connectivity index (χ1n) is 7.45. The summed E-state index contributed by atoms with van der Waals surface area (Å²) in [6.45, 7) is 1.37. The number of ether oxygens (including phenoxy) is 1. The van der Waals surface area contributed by atoms with Gasteiger partial charge in [-0.1, -0.05) is 24.3 Å². The van der Waals surface area contributed by atoms with Crippen molar-refractivity contribution in [1.82, 2.24) is 4.72 Å². The number of hydrogen-bond acceptors (Lipinski definition) is 5. The summed E-state index contributed by atoms with van der Waals surface area (Å²) in [4.78, 5) is 25.1. The smallest absolute Gasteiger partial charge is 0.465 e. The van der Waals surface area contributed by atoms with Crippen molar-refractivity contribution < 1.29 is 35.9 Å². The van der Waals surface area contributed by atoms with Gasteiger partial charge in [0.25, 0.3) is 5.91 Å². The Morgan fingerprint density at radius 3 is 2.52 bits per heavy atom. The number of esters is 1.